The number of rotatable bonds is 3. The van der Waals surface area contributed by atoms with Crippen LogP contribution in [0.1, 0.15) is 35.7 Å². The van der Waals surface area contributed by atoms with Crippen molar-refractivity contribution in [1.82, 2.24) is 0 Å². The summed E-state index contributed by atoms with van der Waals surface area (Å²) in [5.74, 6) is 3.48. The Kier molecular flexibility index (Phi) is 4.49. The Morgan fingerprint density at radius 2 is 2.00 bits per heavy atom. The predicted octanol–water partition coefficient (Wildman–Crippen LogP) is 3.83. The molecular weight excluding hydrogens is 248 g/mol. The van der Waals surface area contributed by atoms with Crippen molar-refractivity contribution < 1.29 is 22.4 Å². The third kappa shape index (κ3) is 3.59. The molecule has 0 saturated heterocycles. The standard InChI is InChI=1S/C13H10F4O/c1-2-3-4-5-12(18)10-8-9(14)6-7-11(10)13(15,16)17/h6-8H,4-5H2,1H3. The Bertz CT molecular complexity index is 506. The topological polar surface area (TPSA) is 17.1 Å². The fourth-order valence-electron chi connectivity index (χ4n) is 1.43. The van der Waals surface area contributed by atoms with Gasteiger partial charge in [-0.25, -0.2) is 4.39 Å². The highest BCUT2D eigenvalue weighted by atomic mass is 19.4. The number of benzene rings is 1. The fraction of sp³-hybridized carbons (Fsp3) is 0.308. The highest BCUT2D eigenvalue weighted by Crippen LogP contribution is 2.32. The van der Waals surface area contributed by atoms with Crippen LogP contribution in [0.4, 0.5) is 17.6 Å². The van der Waals surface area contributed by atoms with E-state index in [1.807, 2.05) is 0 Å². The van der Waals surface area contributed by atoms with E-state index >= 15 is 0 Å². The Morgan fingerprint density at radius 3 is 2.56 bits per heavy atom. The van der Waals surface area contributed by atoms with Crippen LogP contribution in [0.5, 0.6) is 0 Å². The molecule has 0 radical (unpaired) electrons. The van der Waals surface area contributed by atoms with E-state index in [9.17, 15) is 22.4 Å². The number of Topliss-reactive ketones (excluding diaryl/α,β-unsaturated/α-hetero) is 1. The van der Waals surface area contributed by atoms with Gasteiger partial charge in [-0.3, -0.25) is 4.79 Å². The van der Waals surface area contributed by atoms with Crippen molar-refractivity contribution in [2.24, 2.45) is 0 Å². The van der Waals surface area contributed by atoms with Crippen molar-refractivity contribution in [3.63, 3.8) is 0 Å². The van der Waals surface area contributed by atoms with Gasteiger partial charge in [0.25, 0.3) is 0 Å². The molecule has 0 aliphatic heterocycles. The Balaban J connectivity index is 3.08. The molecule has 0 saturated carbocycles. The minimum atomic E-state index is -4.67. The lowest BCUT2D eigenvalue weighted by molar-refractivity contribution is -0.137. The van der Waals surface area contributed by atoms with Gasteiger partial charge in [0.2, 0.25) is 0 Å². The largest absolute Gasteiger partial charge is 0.417 e. The zero-order chi connectivity index (χ0) is 13.8. The molecule has 0 aromatic heterocycles. The fourth-order valence-corrected chi connectivity index (χ4v) is 1.43. The van der Waals surface area contributed by atoms with Gasteiger partial charge in [-0.15, -0.1) is 11.8 Å². The summed E-state index contributed by atoms with van der Waals surface area (Å²) < 4.78 is 50.8. The number of hydrogen-bond acceptors (Lipinski definition) is 1. The minimum Gasteiger partial charge on any atom is -0.294 e. The van der Waals surface area contributed by atoms with Crippen molar-refractivity contribution in [1.29, 1.82) is 0 Å². The van der Waals surface area contributed by atoms with E-state index < -0.39 is 28.9 Å². The smallest absolute Gasteiger partial charge is 0.294 e. The maximum atomic E-state index is 12.9. The molecule has 0 fully saturated rings. The lowest BCUT2D eigenvalue weighted by atomic mass is 10.00. The van der Waals surface area contributed by atoms with Crippen LogP contribution in [0.15, 0.2) is 18.2 Å². The number of carbonyl (C=O) groups excluding carboxylic acids is 1. The van der Waals surface area contributed by atoms with Crippen LogP contribution in [0.3, 0.4) is 0 Å². The molecule has 0 N–H and O–H groups in total. The summed E-state index contributed by atoms with van der Waals surface area (Å²) in [6.45, 7) is 1.56. The molecule has 0 amide bonds. The maximum absolute atomic E-state index is 12.9. The summed E-state index contributed by atoms with van der Waals surface area (Å²) in [5, 5.41) is 0. The first kappa shape index (κ1) is 14.2. The molecule has 0 bridgehead atoms. The number of halogens is 4. The van der Waals surface area contributed by atoms with Gasteiger partial charge < -0.3 is 0 Å². The van der Waals surface area contributed by atoms with Crippen molar-refractivity contribution >= 4 is 5.78 Å². The van der Waals surface area contributed by atoms with Gasteiger partial charge >= 0.3 is 6.18 Å². The third-order valence-corrected chi connectivity index (χ3v) is 2.24. The molecule has 96 valence electrons. The highest BCUT2D eigenvalue weighted by Gasteiger charge is 2.35. The van der Waals surface area contributed by atoms with E-state index in [1.165, 1.54) is 0 Å². The Hall–Kier alpha value is -1.83. The van der Waals surface area contributed by atoms with E-state index in [1.54, 1.807) is 6.92 Å². The second kappa shape index (κ2) is 5.67. The SMILES string of the molecule is CC#CCCC(=O)c1cc(F)ccc1C(F)(F)F. The van der Waals surface area contributed by atoms with Gasteiger partial charge in [-0.2, -0.15) is 13.2 Å². The lowest BCUT2D eigenvalue weighted by Gasteiger charge is -2.11. The molecule has 0 atom stereocenters. The second-order valence-electron chi connectivity index (χ2n) is 3.54. The Labute approximate surface area is 102 Å². The lowest BCUT2D eigenvalue weighted by Crippen LogP contribution is -2.13. The van der Waals surface area contributed by atoms with Gasteiger partial charge in [0, 0.05) is 18.4 Å². The quantitative estimate of drug-likeness (QED) is 0.457. The number of hydrogen-bond donors (Lipinski definition) is 0. The van der Waals surface area contributed by atoms with Crippen LogP contribution in [0.2, 0.25) is 0 Å². The zero-order valence-electron chi connectivity index (χ0n) is 9.57. The first-order chi connectivity index (χ1) is 8.36. The van der Waals surface area contributed by atoms with Crippen LogP contribution >= 0.6 is 0 Å². The van der Waals surface area contributed by atoms with Crippen LogP contribution < -0.4 is 0 Å². The second-order valence-corrected chi connectivity index (χ2v) is 3.54. The molecule has 0 spiro atoms. The summed E-state index contributed by atoms with van der Waals surface area (Å²) in [6.07, 6.45) is -4.67. The van der Waals surface area contributed by atoms with Gasteiger partial charge in [-0.05, 0) is 25.1 Å². The molecular formula is C13H10F4O. The molecule has 5 heteroatoms. The van der Waals surface area contributed by atoms with Crippen LogP contribution in [0, 0.1) is 17.7 Å². The molecule has 0 aliphatic carbocycles. The van der Waals surface area contributed by atoms with E-state index in [2.05, 4.69) is 11.8 Å². The average molecular weight is 258 g/mol. The first-order valence-electron chi connectivity index (χ1n) is 5.16. The average Bonchev–Trinajstić information content (AvgIpc) is 2.27. The summed E-state index contributed by atoms with van der Waals surface area (Å²) in [7, 11) is 0. The van der Waals surface area contributed by atoms with Crippen molar-refractivity contribution in [2.45, 2.75) is 25.9 Å². The summed E-state index contributed by atoms with van der Waals surface area (Å²) in [4.78, 5) is 11.6. The molecule has 0 unspecified atom stereocenters. The summed E-state index contributed by atoms with van der Waals surface area (Å²) in [6, 6.07) is 1.88. The van der Waals surface area contributed by atoms with Crippen molar-refractivity contribution in [3.05, 3.63) is 35.1 Å². The van der Waals surface area contributed by atoms with Crippen molar-refractivity contribution in [3.8, 4) is 11.8 Å². The summed E-state index contributed by atoms with van der Waals surface area (Å²) >= 11 is 0. The Morgan fingerprint density at radius 1 is 1.33 bits per heavy atom. The van der Waals surface area contributed by atoms with Gasteiger partial charge in [0.1, 0.15) is 5.82 Å². The molecule has 0 aliphatic rings. The molecule has 1 aromatic rings. The maximum Gasteiger partial charge on any atom is 0.417 e. The van der Waals surface area contributed by atoms with Gasteiger partial charge in [0.15, 0.2) is 5.78 Å². The van der Waals surface area contributed by atoms with Crippen LogP contribution in [-0.4, -0.2) is 5.78 Å². The number of carbonyl (C=O) groups is 1. The highest BCUT2D eigenvalue weighted by molar-refractivity contribution is 5.97. The van der Waals surface area contributed by atoms with Crippen LogP contribution in [0.25, 0.3) is 0 Å². The molecule has 1 nitrogen and oxygen atoms in total. The third-order valence-electron chi connectivity index (χ3n) is 2.24. The van der Waals surface area contributed by atoms with Crippen LogP contribution in [-0.2, 0) is 6.18 Å². The molecule has 1 aromatic carbocycles. The molecule has 0 heterocycles. The predicted molar refractivity (Wildman–Crippen MR) is 58.4 cm³/mol. The monoisotopic (exact) mass is 258 g/mol. The van der Waals surface area contributed by atoms with E-state index in [0.717, 1.165) is 0 Å². The van der Waals surface area contributed by atoms with E-state index in [-0.39, 0.29) is 12.8 Å². The van der Waals surface area contributed by atoms with E-state index in [4.69, 9.17) is 0 Å². The number of alkyl halides is 3. The minimum absolute atomic E-state index is 0.156. The normalized spacial score (nSPS) is 10.7. The number of ketones is 1. The molecule has 18 heavy (non-hydrogen) atoms. The van der Waals surface area contributed by atoms with Gasteiger partial charge in [-0.1, -0.05) is 0 Å². The molecule has 1 rings (SSSR count). The zero-order valence-corrected chi connectivity index (χ0v) is 9.57. The first-order valence-corrected chi connectivity index (χ1v) is 5.16. The summed E-state index contributed by atoms with van der Waals surface area (Å²) in [5.41, 5.74) is -1.75. The van der Waals surface area contributed by atoms with Crippen molar-refractivity contribution in [2.75, 3.05) is 0 Å². The van der Waals surface area contributed by atoms with E-state index in [0.29, 0.717) is 18.2 Å². The van der Waals surface area contributed by atoms with Gasteiger partial charge in [0.05, 0.1) is 5.56 Å².